The number of hydrogen-bond donors (Lipinski definition) is 1. The van der Waals surface area contributed by atoms with Gasteiger partial charge in [-0.2, -0.15) is 0 Å². The van der Waals surface area contributed by atoms with E-state index in [9.17, 15) is 9.50 Å². The average molecular weight is 220 g/mol. The highest BCUT2D eigenvalue weighted by molar-refractivity contribution is 5.25. The third-order valence-electron chi connectivity index (χ3n) is 3.40. The summed E-state index contributed by atoms with van der Waals surface area (Å²) >= 11 is 0. The van der Waals surface area contributed by atoms with E-state index >= 15 is 0 Å². The second kappa shape index (κ2) is 4.38. The van der Waals surface area contributed by atoms with Crippen LogP contribution in [0, 0.1) is 11.7 Å². The molecule has 0 aromatic heterocycles. The topological polar surface area (TPSA) is 20.2 Å². The molecule has 2 atom stereocenters. The Morgan fingerprint density at radius 2 is 2.00 bits per heavy atom. The lowest BCUT2D eigenvalue weighted by Crippen LogP contribution is -2.31. The molecule has 1 N–H and O–H groups in total. The van der Waals surface area contributed by atoms with Crippen LogP contribution in [0.25, 0.3) is 0 Å². The fourth-order valence-electron chi connectivity index (χ4n) is 2.28. The van der Waals surface area contributed by atoms with E-state index in [1.54, 1.807) is 19.1 Å². The second-order valence-electron chi connectivity index (χ2n) is 4.62. The summed E-state index contributed by atoms with van der Waals surface area (Å²) < 4.78 is 12.8. The summed E-state index contributed by atoms with van der Waals surface area (Å²) in [6, 6.07) is 6.13. The predicted molar refractivity (Wildman–Crippen MR) is 62.5 cm³/mol. The zero-order chi connectivity index (χ0) is 11.6. The standard InChI is InChI=1S/C14H17FO/c1-14(16,11-5-3-2-4-6-11)12-7-9-13(15)10-8-12/h3,5,7-11,16H,2,4,6H2,1H3/t11-,14-/m0/s1. The molecule has 0 amide bonds. The van der Waals surface area contributed by atoms with E-state index in [1.165, 1.54) is 12.1 Å². The molecule has 1 aliphatic rings. The quantitative estimate of drug-likeness (QED) is 0.757. The van der Waals surface area contributed by atoms with Crippen LogP contribution in [-0.4, -0.2) is 5.11 Å². The summed E-state index contributed by atoms with van der Waals surface area (Å²) in [6.07, 6.45) is 7.38. The largest absolute Gasteiger partial charge is 0.385 e. The van der Waals surface area contributed by atoms with Crippen molar-refractivity contribution in [3.05, 3.63) is 47.8 Å². The Balaban J connectivity index is 2.26. The van der Waals surface area contributed by atoms with Gasteiger partial charge in [-0.3, -0.25) is 0 Å². The van der Waals surface area contributed by atoms with Gasteiger partial charge in [0, 0.05) is 5.92 Å². The number of benzene rings is 1. The van der Waals surface area contributed by atoms with Crippen molar-refractivity contribution >= 4 is 0 Å². The van der Waals surface area contributed by atoms with Gasteiger partial charge in [0.15, 0.2) is 0 Å². The van der Waals surface area contributed by atoms with Gasteiger partial charge in [0.05, 0.1) is 5.60 Å². The molecule has 1 aromatic rings. The molecule has 0 aliphatic heterocycles. The molecule has 2 heteroatoms. The minimum Gasteiger partial charge on any atom is -0.385 e. The molecule has 2 rings (SSSR count). The van der Waals surface area contributed by atoms with Gasteiger partial charge in [0.2, 0.25) is 0 Å². The molecule has 0 spiro atoms. The van der Waals surface area contributed by atoms with Crippen molar-refractivity contribution < 1.29 is 9.50 Å². The van der Waals surface area contributed by atoms with E-state index in [0.717, 1.165) is 24.8 Å². The first kappa shape index (κ1) is 11.3. The van der Waals surface area contributed by atoms with Crippen molar-refractivity contribution in [2.75, 3.05) is 0 Å². The van der Waals surface area contributed by atoms with Crippen molar-refractivity contribution in [2.24, 2.45) is 5.92 Å². The molecule has 0 saturated carbocycles. The van der Waals surface area contributed by atoms with Crippen molar-refractivity contribution in [1.82, 2.24) is 0 Å². The molecule has 1 aromatic carbocycles. The highest BCUT2D eigenvalue weighted by Crippen LogP contribution is 2.35. The zero-order valence-electron chi connectivity index (χ0n) is 9.49. The molecule has 0 radical (unpaired) electrons. The molecular formula is C14H17FO. The SMILES string of the molecule is C[C@@](O)(c1ccc(F)cc1)[C@H]1C=CCCC1. The van der Waals surface area contributed by atoms with Crippen LogP contribution < -0.4 is 0 Å². The monoisotopic (exact) mass is 220 g/mol. The van der Waals surface area contributed by atoms with Gasteiger partial charge in [0.1, 0.15) is 5.82 Å². The van der Waals surface area contributed by atoms with E-state index in [-0.39, 0.29) is 11.7 Å². The first-order valence-corrected chi connectivity index (χ1v) is 5.76. The van der Waals surface area contributed by atoms with E-state index < -0.39 is 5.60 Å². The number of rotatable bonds is 2. The lowest BCUT2D eigenvalue weighted by molar-refractivity contribution is 0.00795. The molecule has 0 heterocycles. The Labute approximate surface area is 95.6 Å². The minimum absolute atomic E-state index is 0.131. The molecular weight excluding hydrogens is 203 g/mol. The maximum atomic E-state index is 12.8. The van der Waals surface area contributed by atoms with Gasteiger partial charge in [-0.15, -0.1) is 0 Å². The predicted octanol–water partition coefficient (Wildman–Crippen LogP) is 3.39. The average Bonchev–Trinajstić information content (AvgIpc) is 2.31. The smallest absolute Gasteiger partial charge is 0.123 e. The normalized spacial score (nSPS) is 24.1. The summed E-state index contributed by atoms with van der Waals surface area (Å²) in [4.78, 5) is 0. The van der Waals surface area contributed by atoms with E-state index in [4.69, 9.17) is 0 Å². The minimum atomic E-state index is -0.898. The highest BCUT2D eigenvalue weighted by Gasteiger charge is 2.32. The van der Waals surface area contributed by atoms with Crippen LogP contribution in [0.3, 0.4) is 0 Å². The molecule has 0 bridgehead atoms. The fraction of sp³-hybridized carbons (Fsp3) is 0.429. The molecule has 0 fully saturated rings. The fourth-order valence-corrected chi connectivity index (χ4v) is 2.28. The summed E-state index contributed by atoms with van der Waals surface area (Å²) in [6.45, 7) is 1.81. The molecule has 1 nitrogen and oxygen atoms in total. The van der Waals surface area contributed by atoms with Crippen LogP contribution in [0.1, 0.15) is 31.7 Å². The molecule has 1 aliphatic carbocycles. The summed E-state index contributed by atoms with van der Waals surface area (Å²) in [7, 11) is 0. The summed E-state index contributed by atoms with van der Waals surface area (Å²) in [5.41, 5.74) is -0.115. The van der Waals surface area contributed by atoms with Gasteiger partial charge >= 0.3 is 0 Å². The maximum absolute atomic E-state index is 12.8. The van der Waals surface area contributed by atoms with Crippen LogP contribution in [0.2, 0.25) is 0 Å². The maximum Gasteiger partial charge on any atom is 0.123 e. The van der Waals surface area contributed by atoms with E-state index in [2.05, 4.69) is 12.2 Å². The third-order valence-corrected chi connectivity index (χ3v) is 3.40. The summed E-state index contributed by atoms with van der Waals surface area (Å²) in [5, 5.41) is 10.5. The van der Waals surface area contributed by atoms with Gasteiger partial charge in [-0.05, 0) is 43.9 Å². The number of allylic oxidation sites excluding steroid dienone is 1. The Bertz CT molecular complexity index is 378. The van der Waals surface area contributed by atoms with Crippen LogP contribution in [0.4, 0.5) is 4.39 Å². The van der Waals surface area contributed by atoms with Gasteiger partial charge in [-0.1, -0.05) is 24.3 Å². The number of aliphatic hydroxyl groups is 1. The molecule has 0 saturated heterocycles. The Kier molecular flexibility index (Phi) is 3.10. The lowest BCUT2D eigenvalue weighted by Gasteiger charge is -2.33. The Morgan fingerprint density at radius 1 is 1.31 bits per heavy atom. The summed E-state index contributed by atoms with van der Waals surface area (Å²) in [5.74, 6) is -0.134. The third kappa shape index (κ3) is 2.17. The van der Waals surface area contributed by atoms with E-state index in [1.807, 2.05) is 0 Å². The van der Waals surface area contributed by atoms with Gasteiger partial charge in [-0.25, -0.2) is 4.39 Å². The van der Waals surface area contributed by atoms with Gasteiger partial charge in [0.25, 0.3) is 0 Å². The van der Waals surface area contributed by atoms with Crippen LogP contribution in [0.15, 0.2) is 36.4 Å². The Morgan fingerprint density at radius 3 is 2.56 bits per heavy atom. The Hall–Kier alpha value is -1.15. The highest BCUT2D eigenvalue weighted by atomic mass is 19.1. The van der Waals surface area contributed by atoms with Crippen LogP contribution >= 0.6 is 0 Å². The van der Waals surface area contributed by atoms with Crippen LogP contribution in [0.5, 0.6) is 0 Å². The van der Waals surface area contributed by atoms with Crippen molar-refractivity contribution in [2.45, 2.75) is 31.8 Å². The van der Waals surface area contributed by atoms with Crippen molar-refractivity contribution in [3.8, 4) is 0 Å². The van der Waals surface area contributed by atoms with Crippen LogP contribution in [-0.2, 0) is 5.60 Å². The number of hydrogen-bond acceptors (Lipinski definition) is 1. The first-order chi connectivity index (χ1) is 7.60. The van der Waals surface area contributed by atoms with Crippen molar-refractivity contribution in [1.29, 1.82) is 0 Å². The van der Waals surface area contributed by atoms with Crippen molar-refractivity contribution in [3.63, 3.8) is 0 Å². The second-order valence-corrected chi connectivity index (χ2v) is 4.62. The number of halogens is 1. The molecule has 16 heavy (non-hydrogen) atoms. The first-order valence-electron chi connectivity index (χ1n) is 5.76. The van der Waals surface area contributed by atoms with E-state index in [0.29, 0.717) is 0 Å². The van der Waals surface area contributed by atoms with Gasteiger partial charge < -0.3 is 5.11 Å². The molecule has 0 unspecified atom stereocenters. The lowest BCUT2D eigenvalue weighted by atomic mass is 9.78. The molecule has 86 valence electrons. The zero-order valence-corrected chi connectivity index (χ0v) is 9.49.